The number of carboxylic acid groups (broad SMARTS) is 1. The molecule has 3 N–H and O–H groups in total. The van der Waals surface area contributed by atoms with Crippen LogP contribution < -0.4 is 0 Å². The zero-order valence-electron chi connectivity index (χ0n) is 10.4. The monoisotopic (exact) mass is 272 g/mol. The highest BCUT2D eigenvalue weighted by molar-refractivity contribution is 6.08. The van der Waals surface area contributed by atoms with Crippen LogP contribution >= 0.6 is 0 Å². The summed E-state index contributed by atoms with van der Waals surface area (Å²) in [4.78, 5) is 29.1. The normalized spacial score (nSPS) is 11.3. The fourth-order valence-electron chi connectivity index (χ4n) is 1.76. The maximum absolute atomic E-state index is 11.9. The van der Waals surface area contributed by atoms with Crippen molar-refractivity contribution < 1.29 is 19.8 Å². The molecule has 0 unspecified atom stereocenters. The van der Waals surface area contributed by atoms with Crippen LogP contribution in [0.25, 0.3) is 0 Å². The van der Waals surface area contributed by atoms with Gasteiger partial charge in [0.25, 0.3) is 0 Å². The molecule has 102 valence electrons. The standard InChI is InChI=1S/C14H12N2O4/c17-12(6-13(18)14(19)20)11-8-16-7-10(11)5-9-1-3-15-4-2-9/h1-4,6-8,16,18H,5H2,(H,19,20). The van der Waals surface area contributed by atoms with Gasteiger partial charge in [-0.25, -0.2) is 4.79 Å². The number of aliphatic hydroxyl groups is 1. The summed E-state index contributed by atoms with van der Waals surface area (Å²) in [5.41, 5.74) is 2.02. The molecule has 6 heteroatoms. The summed E-state index contributed by atoms with van der Waals surface area (Å²) < 4.78 is 0. The number of aliphatic hydroxyl groups excluding tert-OH is 1. The Morgan fingerprint density at radius 1 is 1.20 bits per heavy atom. The Hall–Kier alpha value is -2.89. The lowest BCUT2D eigenvalue weighted by molar-refractivity contribution is -0.135. The number of carbonyl (C=O) groups excluding carboxylic acids is 1. The highest BCUT2D eigenvalue weighted by atomic mass is 16.4. The van der Waals surface area contributed by atoms with E-state index in [1.54, 1.807) is 18.6 Å². The van der Waals surface area contributed by atoms with Crippen molar-refractivity contribution in [2.24, 2.45) is 0 Å². The molecule has 2 aromatic rings. The highest BCUT2D eigenvalue weighted by Gasteiger charge is 2.14. The Morgan fingerprint density at radius 3 is 2.55 bits per heavy atom. The van der Waals surface area contributed by atoms with Crippen LogP contribution in [0.15, 0.2) is 48.8 Å². The van der Waals surface area contributed by atoms with E-state index in [9.17, 15) is 9.59 Å². The van der Waals surface area contributed by atoms with Gasteiger partial charge in [0.2, 0.25) is 5.76 Å². The number of rotatable bonds is 5. The Bertz CT molecular complexity index is 659. The first-order valence-electron chi connectivity index (χ1n) is 5.81. The van der Waals surface area contributed by atoms with Crippen LogP contribution in [-0.4, -0.2) is 31.9 Å². The number of H-pyrrole nitrogens is 1. The molecule has 0 aromatic carbocycles. The smallest absolute Gasteiger partial charge is 0.371 e. The number of allylic oxidation sites excluding steroid dienone is 1. The number of aromatic amines is 1. The number of carbonyl (C=O) groups is 2. The molecule has 2 heterocycles. The first kappa shape index (κ1) is 13.5. The maximum Gasteiger partial charge on any atom is 0.371 e. The van der Waals surface area contributed by atoms with E-state index in [1.165, 1.54) is 6.20 Å². The van der Waals surface area contributed by atoms with E-state index in [4.69, 9.17) is 10.2 Å². The van der Waals surface area contributed by atoms with E-state index in [-0.39, 0.29) is 0 Å². The molecule has 0 aliphatic carbocycles. The summed E-state index contributed by atoms with van der Waals surface area (Å²) in [5.74, 6) is -3.08. The molecule has 0 amide bonds. The van der Waals surface area contributed by atoms with Crippen LogP contribution in [0.1, 0.15) is 21.5 Å². The summed E-state index contributed by atoms with van der Waals surface area (Å²) in [5, 5.41) is 17.6. The highest BCUT2D eigenvalue weighted by Crippen LogP contribution is 2.15. The van der Waals surface area contributed by atoms with E-state index in [1.807, 2.05) is 12.1 Å². The third-order valence-electron chi connectivity index (χ3n) is 2.73. The summed E-state index contributed by atoms with van der Waals surface area (Å²) in [7, 11) is 0. The van der Waals surface area contributed by atoms with Crippen LogP contribution in [0, 0.1) is 0 Å². The molecule has 0 atom stereocenters. The predicted molar refractivity (Wildman–Crippen MR) is 70.5 cm³/mol. The SMILES string of the molecule is O=C(O)C(O)=CC(=O)c1c[nH]cc1Cc1ccncc1. The van der Waals surface area contributed by atoms with Gasteiger partial charge >= 0.3 is 5.97 Å². The summed E-state index contributed by atoms with van der Waals surface area (Å²) in [6.45, 7) is 0. The van der Waals surface area contributed by atoms with E-state index in [0.717, 1.165) is 11.1 Å². The molecule has 2 aromatic heterocycles. The van der Waals surface area contributed by atoms with Crippen molar-refractivity contribution >= 4 is 11.8 Å². The lowest BCUT2D eigenvalue weighted by Gasteiger charge is -2.01. The van der Waals surface area contributed by atoms with Crippen LogP contribution in [-0.2, 0) is 11.2 Å². The van der Waals surface area contributed by atoms with Gasteiger partial charge in [-0.2, -0.15) is 0 Å². The average molecular weight is 272 g/mol. The van der Waals surface area contributed by atoms with E-state index < -0.39 is 17.5 Å². The van der Waals surface area contributed by atoms with Crippen LogP contribution in [0.3, 0.4) is 0 Å². The van der Waals surface area contributed by atoms with Crippen molar-refractivity contribution in [3.8, 4) is 0 Å². The molecule has 0 saturated carbocycles. The largest absolute Gasteiger partial charge is 0.502 e. The van der Waals surface area contributed by atoms with E-state index in [0.29, 0.717) is 18.1 Å². The van der Waals surface area contributed by atoms with Crippen LogP contribution in [0.5, 0.6) is 0 Å². The van der Waals surface area contributed by atoms with Crippen molar-refractivity contribution in [3.63, 3.8) is 0 Å². The first-order valence-corrected chi connectivity index (χ1v) is 5.81. The topological polar surface area (TPSA) is 103 Å². The van der Waals surface area contributed by atoms with Gasteiger partial charge in [0.15, 0.2) is 5.78 Å². The van der Waals surface area contributed by atoms with Crippen molar-refractivity contribution in [1.29, 1.82) is 0 Å². The van der Waals surface area contributed by atoms with Crippen molar-refractivity contribution in [2.45, 2.75) is 6.42 Å². The number of aromatic nitrogens is 2. The number of nitrogens with zero attached hydrogens (tertiary/aromatic N) is 1. The number of pyridine rings is 1. The molecule has 0 fully saturated rings. The molecule has 0 bridgehead atoms. The minimum atomic E-state index is -1.54. The molecular weight excluding hydrogens is 260 g/mol. The van der Waals surface area contributed by atoms with Crippen LogP contribution in [0.4, 0.5) is 0 Å². The minimum absolute atomic E-state index is 0.328. The fraction of sp³-hybridized carbons (Fsp3) is 0.0714. The van der Waals surface area contributed by atoms with Gasteiger partial charge in [-0.05, 0) is 29.7 Å². The maximum atomic E-state index is 11.9. The third kappa shape index (κ3) is 3.11. The quantitative estimate of drug-likeness (QED) is 0.436. The Balaban J connectivity index is 2.23. The average Bonchev–Trinajstić information content (AvgIpc) is 2.88. The fourth-order valence-corrected chi connectivity index (χ4v) is 1.76. The predicted octanol–water partition coefficient (Wildman–Crippen LogP) is 1.71. The molecule has 0 aliphatic rings. The Kier molecular flexibility index (Phi) is 3.95. The summed E-state index contributed by atoms with van der Waals surface area (Å²) in [6, 6.07) is 3.65. The number of aliphatic carboxylic acids is 1. The second kappa shape index (κ2) is 5.83. The molecule has 20 heavy (non-hydrogen) atoms. The van der Waals surface area contributed by atoms with E-state index in [2.05, 4.69) is 9.97 Å². The Labute approximate surface area is 114 Å². The summed E-state index contributed by atoms with van der Waals surface area (Å²) >= 11 is 0. The second-order valence-corrected chi connectivity index (χ2v) is 4.13. The van der Waals surface area contributed by atoms with Gasteiger partial charge in [0.05, 0.1) is 0 Å². The summed E-state index contributed by atoms with van der Waals surface area (Å²) in [6.07, 6.45) is 7.65. The number of hydrogen-bond donors (Lipinski definition) is 3. The Morgan fingerprint density at radius 2 is 1.90 bits per heavy atom. The van der Waals surface area contributed by atoms with E-state index >= 15 is 0 Å². The molecule has 0 saturated heterocycles. The van der Waals surface area contributed by atoms with Gasteiger partial charge in [0, 0.05) is 36.4 Å². The van der Waals surface area contributed by atoms with Crippen molar-refractivity contribution in [1.82, 2.24) is 9.97 Å². The molecule has 0 aliphatic heterocycles. The molecule has 0 radical (unpaired) electrons. The van der Waals surface area contributed by atoms with Gasteiger partial charge in [-0.1, -0.05) is 0 Å². The lowest BCUT2D eigenvalue weighted by atomic mass is 10.0. The van der Waals surface area contributed by atoms with Gasteiger partial charge < -0.3 is 15.2 Å². The third-order valence-corrected chi connectivity index (χ3v) is 2.73. The van der Waals surface area contributed by atoms with Gasteiger partial charge in [0.1, 0.15) is 0 Å². The van der Waals surface area contributed by atoms with Crippen molar-refractivity contribution in [3.05, 3.63) is 65.4 Å². The minimum Gasteiger partial charge on any atom is -0.502 e. The molecular formula is C14H12N2O4. The number of carboxylic acids is 1. The lowest BCUT2D eigenvalue weighted by Crippen LogP contribution is -2.05. The second-order valence-electron chi connectivity index (χ2n) is 4.13. The number of ketones is 1. The van der Waals surface area contributed by atoms with Gasteiger partial charge in [-0.3, -0.25) is 9.78 Å². The van der Waals surface area contributed by atoms with Gasteiger partial charge in [-0.15, -0.1) is 0 Å². The first-order chi connectivity index (χ1) is 9.58. The molecule has 2 rings (SSSR count). The zero-order valence-corrected chi connectivity index (χ0v) is 10.4. The molecule has 0 spiro atoms. The van der Waals surface area contributed by atoms with Crippen LogP contribution in [0.2, 0.25) is 0 Å². The molecule has 6 nitrogen and oxygen atoms in total. The number of hydrogen-bond acceptors (Lipinski definition) is 4. The van der Waals surface area contributed by atoms with Crippen molar-refractivity contribution in [2.75, 3.05) is 0 Å². The number of nitrogens with one attached hydrogen (secondary N) is 1. The zero-order chi connectivity index (χ0) is 14.5.